The molecule has 11 heavy (non-hydrogen) atoms. The minimum atomic E-state index is 0. The maximum atomic E-state index is 2.47. The molecule has 4 aliphatic heterocycles. The van der Waals surface area contributed by atoms with Crippen LogP contribution in [0.3, 0.4) is 0 Å². The van der Waals surface area contributed by atoms with Crippen molar-refractivity contribution in [1.82, 2.24) is 19.6 Å². The van der Waals surface area contributed by atoms with E-state index >= 15 is 0 Å². The van der Waals surface area contributed by atoms with Gasteiger partial charge in [-0.15, -0.1) is 0 Å². The van der Waals surface area contributed by atoms with Crippen molar-refractivity contribution in [2.45, 2.75) is 0 Å². The Morgan fingerprint density at radius 3 is 0.818 bits per heavy atom. The van der Waals surface area contributed by atoms with Gasteiger partial charge in [0.15, 0.2) is 0 Å². The summed E-state index contributed by atoms with van der Waals surface area (Å²) in [4.78, 5) is 9.88. The first-order valence-corrected chi connectivity index (χ1v) is 3.79. The first-order chi connectivity index (χ1) is 4.90. The molecule has 0 aromatic heterocycles. The third-order valence-corrected chi connectivity index (χ3v) is 2.40. The van der Waals surface area contributed by atoms with E-state index in [0.717, 1.165) is 0 Å². The minimum absolute atomic E-state index is 0. The predicted octanol–water partition coefficient (Wildman–Crippen LogP) is -1.02. The summed E-state index contributed by atoms with van der Waals surface area (Å²) in [6.07, 6.45) is 0. The molecule has 4 aliphatic rings. The Kier molecular flexibility index (Phi) is 1.95. The number of nitrogens with zero attached hydrogens (tertiary/aromatic N) is 4. The van der Waals surface area contributed by atoms with Gasteiger partial charge in [-0.25, -0.2) is 0 Å². The van der Waals surface area contributed by atoms with Crippen molar-refractivity contribution in [3.05, 3.63) is 0 Å². The first kappa shape index (κ1) is 7.98. The molecule has 0 aromatic rings. The summed E-state index contributed by atoms with van der Waals surface area (Å²) in [6, 6.07) is 0. The molecule has 0 amide bonds. The predicted molar refractivity (Wildman–Crippen MR) is 36.6 cm³/mol. The second-order valence-electron chi connectivity index (χ2n) is 3.53. The number of hydrogen-bond acceptors (Lipinski definition) is 4. The smallest absolute Gasteiger partial charge is 0.0555 e. The Hall–Kier alpha value is 0.359. The maximum Gasteiger partial charge on any atom is 0.0555 e. The van der Waals surface area contributed by atoms with E-state index in [1.807, 2.05) is 0 Å². The van der Waals surface area contributed by atoms with Gasteiger partial charge < -0.3 is 0 Å². The Balaban J connectivity index is 0.000000480. The fourth-order valence-corrected chi connectivity index (χ4v) is 2.23. The third-order valence-electron chi connectivity index (χ3n) is 2.40. The van der Waals surface area contributed by atoms with Crippen molar-refractivity contribution >= 4 is 0 Å². The molecule has 0 unspecified atom stereocenters. The van der Waals surface area contributed by atoms with Crippen LogP contribution in [0.25, 0.3) is 0 Å². The average molecular weight is 195 g/mol. The van der Waals surface area contributed by atoms with E-state index in [9.17, 15) is 0 Å². The van der Waals surface area contributed by atoms with Gasteiger partial charge in [-0.2, -0.15) is 0 Å². The van der Waals surface area contributed by atoms with Gasteiger partial charge >= 0.3 is 0 Å². The van der Waals surface area contributed by atoms with E-state index < -0.39 is 0 Å². The summed E-state index contributed by atoms with van der Waals surface area (Å²) in [5.41, 5.74) is 0. The van der Waals surface area contributed by atoms with Crippen LogP contribution in [0.2, 0.25) is 0 Å². The molecule has 0 atom stereocenters. The van der Waals surface area contributed by atoms with Crippen molar-refractivity contribution in [1.29, 1.82) is 0 Å². The molecule has 4 bridgehead atoms. The maximum absolute atomic E-state index is 2.47. The van der Waals surface area contributed by atoms with E-state index in [1.54, 1.807) is 0 Å². The molecular formula is C6H12MnN4. The summed E-state index contributed by atoms with van der Waals surface area (Å²) in [5, 5.41) is 0. The van der Waals surface area contributed by atoms with Gasteiger partial charge in [0, 0.05) is 17.1 Å². The zero-order valence-corrected chi connectivity index (χ0v) is 7.59. The first-order valence-electron chi connectivity index (χ1n) is 3.79. The second kappa shape index (κ2) is 2.69. The van der Waals surface area contributed by atoms with Crippen molar-refractivity contribution in [3.63, 3.8) is 0 Å². The van der Waals surface area contributed by atoms with Crippen molar-refractivity contribution < 1.29 is 17.1 Å². The average Bonchev–Trinajstić information content (AvgIpc) is 1.82. The van der Waals surface area contributed by atoms with Gasteiger partial charge in [0.05, 0.1) is 40.0 Å². The molecular weight excluding hydrogens is 183 g/mol. The van der Waals surface area contributed by atoms with E-state index in [1.165, 1.54) is 40.0 Å². The van der Waals surface area contributed by atoms with Crippen molar-refractivity contribution in [2.75, 3.05) is 40.0 Å². The Morgan fingerprint density at radius 1 is 0.455 bits per heavy atom. The van der Waals surface area contributed by atoms with E-state index in [2.05, 4.69) is 19.6 Å². The van der Waals surface area contributed by atoms with Crippen LogP contribution in [-0.2, 0) is 17.1 Å². The molecule has 0 aliphatic carbocycles. The van der Waals surface area contributed by atoms with Crippen molar-refractivity contribution in [2.24, 2.45) is 0 Å². The fraction of sp³-hybridized carbons (Fsp3) is 1.00. The summed E-state index contributed by atoms with van der Waals surface area (Å²) in [5.74, 6) is 0. The molecule has 4 rings (SSSR count). The molecule has 0 saturated carbocycles. The van der Waals surface area contributed by atoms with Gasteiger partial charge in [0.2, 0.25) is 0 Å². The normalized spacial score (nSPS) is 52.4. The van der Waals surface area contributed by atoms with Crippen LogP contribution >= 0.6 is 0 Å². The molecule has 0 N–H and O–H groups in total. The van der Waals surface area contributed by atoms with Gasteiger partial charge in [0.1, 0.15) is 0 Å². The topological polar surface area (TPSA) is 13.0 Å². The Morgan fingerprint density at radius 2 is 0.636 bits per heavy atom. The van der Waals surface area contributed by atoms with Crippen LogP contribution in [0.4, 0.5) is 0 Å². The molecule has 63 valence electrons. The Bertz CT molecular complexity index is 106. The monoisotopic (exact) mass is 195 g/mol. The zero-order chi connectivity index (χ0) is 6.55. The largest absolute Gasteiger partial charge is 0.264 e. The van der Waals surface area contributed by atoms with Crippen LogP contribution < -0.4 is 0 Å². The van der Waals surface area contributed by atoms with Crippen LogP contribution in [0, 0.1) is 0 Å². The van der Waals surface area contributed by atoms with Gasteiger partial charge in [-0.1, -0.05) is 0 Å². The summed E-state index contributed by atoms with van der Waals surface area (Å²) >= 11 is 0. The number of rotatable bonds is 0. The molecule has 1 radical (unpaired) electrons. The van der Waals surface area contributed by atoms with E-state index in [4.69, 9.17) is 0 Å². The quantitative estimate of drug-likeness (QED) is 0.458. The minimum Gasteiger partial charge on any atom is -0.264 e. The van der Waals surface area contributed by atoms with Crippen LogP contribution in [-0.4, -0.2) is 59.6 Å². The molecule has 4 nitrogen and oxygen atoms in total. The van der Waals surface area contributed by atoms with E-state index in [0.29, 0.717) is 0 Å². The Labute approximate surface area is 77.2 Å². The molecule has 0 spiro atoms. The van der Waals surface area contributed by atoms with Gasteiger partial charge in [-0.05, 0) is 0 Å². The van der Waals surface area contributed by atoms with Crippen LogP contribution in [0.5, 0.6) is 0 Å². The fourth-order valence-electron chi connectivity index (χ4n) is 2.23. The standard InChI is InChI=1S/C6H12N4.Mn/c1-7-2-9-4-8(1)5-10(3-7)6-9;/h1-6H2;. The summed E-state index contributed by atoms with van der Waals surface area (Å²) in [6.45, 7) is 7.12. The SMILES string of the molecule is C1N2CN3CN1CN(C2)C3.[Mn]. The number of hydrogen-bond donors (Lipinski definition) is 0. The summed E-state index contributed by atoms with van der Waals surface area (Å²) < 4.78 is 0. The van der Waals surface area contributed by atoms with Gasteiger partial charge in [-0.3, -0.25) is 19.6 Å². The zero-order valence-electron chi connectivity index (χ0n) is 6.41. The van der Waals surface area contributed by atoms with E-state index in [-0.39, 0.29) is 17.1 Å². The van der Waals surface area contributed by atoms with Crippen molar-refractivity contribution in [3.8, 4) is 0 Å². The van der Waals surface area contributed by atoms with Gasteiger partial charge in [0.25, 0.3) is 0 Å². The van der Waals surface area contributed by atoms with Crippen LogP contribution in [0.15, 0.2) is 0 Å². The van der Waals surface area contributed by atoms with Crippen LogP contribution in [0.1, 0.15) is 0 Å². The molecule has 4 saturated heterocycles. The molecule has 0 aromatic carbocycles. The summed E-state index contributed by atoms with van der Waals surface area (Å²) in [7, 11) is 0. The second-order valence-corrected chi connectivity index (χ2v) is 3.53. The molecule has 4 heterocycles. The molecule has 4 fully saturated rings. The third kappa shape index (κ3) is 1.22. The molecule has 5 heteroatoms.